The molecule has 6 heteroatoms. The van der Waals surface area contributed by atoms with Crippen LogP contribution in [-0.4, -0.2) is 35.0 Å². The van der Waals surface area contributed by atoms with Gasteiger partial charge in [-0.1, -0.05) is 42.4 Å². The number of carbonyl (C=O) groups excluding carboxylic acids is 2. The number of hydrogen-bond donors (Lipinski definition) is 1. The fourth-order valence-electron chi connectivity index (χ4n) is 2.59. The van der Waals surface area contributed by atoms with Gasteiger partial charge < -0.3 is 14.7 Å². The molecule has 1 heterocycles. The second-order valence-electron chi connectivity index (χ2n) is 5.59. The zero-order valence-corrected chi connectivity index (χ0v) is 14.3. The van der Waals surface area contributed by atoms with E-state index < -0.39 is 0 Å². The quantitative estimate of drug-likeness (QED) is 0.847. The molecule has 2 amide bonds. The monoisotopic (exact) mass is 329 g/mol. The number of hydrogen-bond acceptors (Lipinski definition) is 4. The molecule has 0 aliphatic heterocycles. The van der Waals surface area contributed by atoms with Gasteiger partial charge in [0.05, 0.1) is 12.5 Å². The highest BCUT2D eigenvalue weighted by atomic mass is 16.5. The van der Waals surface area contributed by atoms with Gasteiger partial charge in [0.1, 0.15) is 5.76 Å². The molecule has 0 saturated heterocycles. The van der Waals surface area contributed by atoms with E-state index in [0.717, 1.165) is 5.56 Å². The number of anilines is 1. The summed E-state index contributed by atoms with van der Waals surface area (Å²) in [4.78, 5) is 26.5. The summed E-state index contributed by atoms with van der Waals surface area (Å²) >= 11 is 0. The van der Waals surface area contributed by atoms with Crippen molar-refractivity contribution < 1.29 is 14.1 Å². The van der Waals surface area contributed by atoms with Crippen LogP contribution in [0.15, 0.2) is 40.9 Å². The number of nitrogens with zero attached hydrogens (tertiary/aromatic N) is 2. The average Bonchev–Trinajstić information content (AvgIpc) is 2.99. The molecule has 128 valence electrons. The maximum atomic E-state index is 12.8. The smallest absolute Gasteiger partial charge is 0.245 e. The molecule has 24 heavy (non-hydrogen) atoms. The van der Waals surface area contributed by atoms with Crippen molar-refractivity contribution in [2.75, 3.05) is 18.4 Å². The van der Waals surface area contributed by atoms with Crippen LogP contribution in [0.5, 0.6) is 0 Å². The first kappa shape index (κ1) is 17.7. The van der Waals surface area contributed by atoms with Crippen LogP contribution in [0.3, 0.4) is 0 Å². The Kier molecular flexibility index (Phi) is 6.12. The lowest BCUT2D eigenvalue weighted by Gasteiger charge is -2.25. The van der Waals surface area contributed by atoms with E-state index in [2.05, 4.69) is 10.5 Å². The van der Waals surface area contributed by atoms with Gasteiger partial charge in [-0.2, -0.15) is 0 Å². The van der Waals surface area contributed by atoms with Crippen LogP contribution >= 0.6 is 0 Å². The van der Waals surface area contributed by atoms with Crippen LogP contribution in [0.2, 0.25) is 0 Å². The predicted octanol–water partition coefficient (Wildman–Crippen LogP) is 2.96. The fraction of sp³-hybridized carbons (Fsp3) is 0.389. The molecule has 0 aliphatic carbocycles. The van der Waals surface area contributed by atoms with Gasteiger partial charge in [0.2, 0.25) is 11.8 Å². The molecule has 0 saturated carbocycles. The van der Waals surface area contributed by atoms with Crippen molar-refractivity contribution in [2.45, 2.75) is 33.1 Å². The highest BCUT2D eigenvalue weighted by Gasteiger charge is 2.25. The van der Waals surface area contributed by atoms with Crippen LogP contribution in [0.4, 0.5) is 5.82 Å². The lowest BCUT2D eigenvalue weighted by molar-refractivity contribution is -0.135. The molecule has 1 atom stereocenters. The SMILES string of the molecule is CC[C@@H](C(=O)N(CC)CC(=O)Nc1cc(C)on1)c1ccccc1. The van der Waals surface area contributed by atoms with Crippen LogP contribution in [0.1, 0.15) is 37.5 Å². The number of aromatic nitrogens is 1. The summed E-state index contributed by atoms with van der Waals surface area (Å²) in [5, 5.41) is 6.36. The maximum Gasteiger partial charge on any atom is 0.245 e. The van der Waals surface area contributed by atoms with E-state index in [9.17, 15) is 9.59 Å². The standard InChI is InChI=1S/C18H23N3O3/c1-4-15(14-9-7-6-8-10-14)18(23)21(5-2)12-17(22)19-16-11-13(3)24-20-16/h6-11,15H,4-5,12H2,1-3H3,(H,19,20,22)/t15-/m1/s1. The lowest BCUT2D eigenvalue weighted by Crippen LogP contribution is -2.40. The van der Waals surface area contributed by atoms with Gasteiger partial charge >= 0.3 is 0 Å². The third-order valence-corrected chi connectivity index (χ3v) is 3.83. The Labute approximate surface area is 141 Å². The van der Waals surface area contributed by atoms with E-state index in [-0.39, 0.29) is 24.3 Å². The molecule has 0 bridgehead atoms. The number of benzene rings is 1. The van der Waals surface area contributed by atoms with Crippen LogP contribution in [-0.2, 0) is 9.59 Å². The van der Waals surface area contributed by atoms with E-state index >= 15 is 0 Å². The van der Waals surface area contributed by atoms with Gasteiger partial charge in [-0.25, -0.2) is 0 Å². The predicted molar refractivity (Wildman–Crippen MR) is 91.6 cm³/mol. The maximum absolute atomic E-state index is 12.8. The van der Waals surface area contributed by atoms with Crippen LogP contribution in [0.25, 0.3) is 0 Å². The van der Waals surface area contributed by atoms with E-state index in [1.807, 2.05) is 44.2 Å². The van der Waals surface area contributed by atoms with Gasteiger partial charge in [-0.05, 0) is 25.8 Å². The number of likely N-dealkylation sites (N-methyl/N-ethyl adjacent to an activating group) is 1. The van der Waals surface area contributed by atoms with E-state index in [1.54, 1.807) is 17.9 Å². The van der Waals surface area contributed by atoms with Crippen molar-refractivity contribution >= 4 is 17.6 Å². The molecule has 0 spiro atoms. The first-order valence-electron chi connectivity index (χ1n) is 8.12. The second-order valence-corrected chi connectivity index (χ2v) is 5.59. The topological polar surface area (TPSA) is 75.4 Å². The van der Waals surface area contributed by atoms with Crippen molar-refractivity contribution in [1.29, 1.82) is 0 Å². The summed E-state index contributed by atoms with van der Waals surface area (Å²) in [5.41, 5.74) is 0.969. The van der Waals surface area contributed by atoms with Gasteiger partial charge in [0, 0.05) is 12.6 Å². The Balaban J connectivity index is 2.03. The Morgan fingerprint density at radius 2 is 1.96 bits per heavy atom. The molecule has 1 N–H and O–H groups in total. The number of rotatable bonds is 7. The Morgan fingerprint density at radius 1 is 1.25 bits per heavy atom. The van der Waals surface area contributed by atoms with E-state index in [4.69, 9.17) is 4.52 Å². The number of aryl methyl sites for hydroxylation is 1. The largest absolute Gasteiger partial charge is 0.360 e. The normalized spacial score (nSPS) is 11.8. The molecule has 6 nitrogen and oxygen atoms in total. The van der Waals surface area contributed by atoms with Crippen molar-refractivity contribution in [3.05, 3.63) is 47.7 Å². The summed E-state index contributed by atoms with van der Waals surface area (Å²) in [6.07, 6.45) is 0.684. The first-order chi connectivity index (χ1) is 11.5. The van der Waals surface area contributed by atoms with E-state index in [0.29, 0.717) is 24.5 Å². The molecule has 1 aromatic carbocycles. The zero-order valence-electron chi connectivity index (χ0n) is 14.3. The van der Waals surface area contributed by atoms with Crippen molar-refractivity contribution in [2.24, 2.45) is 0 Å². The molecular weight excluding hydrogens is 306 g/mol. The molecule has 0 radical (unpaired) electrons. The van der Waals surface area contributed by atoms with Crippen molar-refractivity contribution in [3.63, 3.8) is 0 Å². The van der Waals surface area contributed by atoms with Crippen LogP contribution in [0, 0.1) is 6.92 Å². The van der Waals surface area contributed by atoms with Gasteiger partial charge in [0.15, 0.2) is 5.82 Å². The number of amides is 2. The minimum atomic E-state index is -0.290. The zero-order chi connectivity index (χ0) is 17.5. The van der Waals surface area contributed by atoms with Gasteiger partial charge in [0.25, 0.3) is 0 Å². The molecule has 1 aromatic heterocycles. The summed E-state index contributed by atoms with van der Waals surface area (Å²) in [6.45, 7) is 6.04. The molecule has 2 aromatic rings. The summed E-state index contributed by atoms with van der Waals surface area (Å²) in [6, 6.07) is 11.3. The number of carbonyl (C=O) groups is 2. The Hall–Kier alpha value is -2.63. The summed E-state index contributed by atoms with van der Waals surface area (Å²) in [7, 11) is 0. The van der Waals surface area contributed by atoms with Gasteiger partial charge in [-0.15, -0.1) is 0 Å². The van der Waals surface area contributed by atoms with Crippen molar-refractivity contribution in [3.8, 4) is 0 Å². The number of nitrogens with one attached hydrogen (secondary N) is 1. The first-order valence-corrected chi connectivity index (χ1v) is 8.12. The third-order valence-electron chi connectivity index (χ3n) is 3.83. The summed E-state index contributed by atoms with van der Waals surface area (Å²) < 4.78 is 4.91. The minimum absolute atomic E-state index is 0.00935. The third kappa shape index (κ3) is 4.44. The van der Waals surface area contributed by atoms with Crippen molar-refractivity contribution in [1.82, 2.24) is 10.1 Å². The molecule has 0 fully saturated rings. The van der Waals surface area contributed by atoms with E-state index in [1.165, 1.54) is 0 Å². The lowest BCUT2D eigenvalue weighted by atomic mass is 9.95. The van der Waals surface area contributed by atoms with Gasteiger partial charge in [-0.3, -0.25) is 9.59 Å². The van der Waals surface area contributed by atoms with Crippen LogP contribution < -0.4 is 5.32 Å². The fourth-order valence-corrected chi connectivity index (χ4v) is 2.59. The minimum Gasteiger partial charge on any atom is -0.360 e. The molecule has 0 unspecified atom stereocenters. The molecule has 0 aliphatic rings. The molecular formula is C18H23N3O3. The Morgan fingerprint density at radius 3 is 2.50 bits per heavy atom. The second kappa shape index (κ2) is 8.29. The molecule has 2 rings (SSSR count). The summed E-state index contributed by atoms with van der Waals surface area (Å²) in [5.74, 6) is 0.396. The average molecular weight is 329 g/mol. The Bertz CT molecular complexity index is 682. The highest BCUT2D eigenvalue weighted by molar-refractivity contribution is 5.94. The highest BCUT2D eigenvalue weighted by Crippen LogP contribution is 2.22.